The molecule has 0 amide bonds. The third kappa shape index (κ3) is 2.95. The van der Waals surface area contributed by atoms with Gasteiger partial charge in [0.1, 0.15) is 5.76 Å². The molecule has 2 unspecified atom stereocenters. The van der Waals surface area contributed by atoms with E-state index in [1.165, 1.54) is 19.3 Å². The van der Waals surface area contributed by atoms with E-state index in [4.69, 9.17) is 4.42 Å². The molecular weight excluding hydrogens is 200 g/mol. The van der Waals surface area contributed by atoms with Crippen LogP contribution in [-0.4, -0.2) is 11.5 Å². The van der Waals surface area contributed by atoms with Crippen LogP contribution in [-0.2, 0) is 0 Å². The molecule has 3 heteroatoms. The second-order valence-electron chi connectivity index (χ2n) is 4.59. The number of allylic oxidation sites excluding steroid dienone is 2. The van der Waals surface area contributed by atoms with Gasteiger partial charge in [-0.1, -0.05) is 12.2 Å². The second-order valence-corrected chi connectivity index (χ2v) is 4.59. The summed E-state index contributed by atoms with van der Waals surface area (Å²) in [4.78, 5) is 4.24. The van der Waals surface area contributed by atoms with E-state index in [9.17, 15) is 0 Å². The molecule has 2 rings (SSSR count). The smallest absolute Gasteiger partial charge is 0.211 e. The first kappa shape index (κ1) is 11.4. The lowest BCUT2D eigenvalue weighted by atomic mass is 9.94. The minimum Gasteiger partial charge on any atom is -0.444 e. The van der Waals surface area contributed by atoms with E-state index in [-0.39, 0.29) is 6.04 Å². The Labute approximate surface area is 96.9 Å². The Bertz CT molecular complexity index is 357. The number of oxazole rings is 1. The van der Waals surface area contributed by atoms with Gasteiger partial charge in [0, 0.05) is 0 Å². The normalized spacial score (nSPS) is 22.2. The Morgan fingerprint density at radius 3 is 3.06 bits per heavy atom. The average molecular weight is 220 g/mol. The standard InChI is InChI=1S/C13H20N2O/c1-10-8-15-13(16-10)11(2)14-9-12-6-4-3-5-7-12/h3-4,8,11-12,14H,5-7,9H2,1-2H3. The largest absolute Gasteiger partial charge is 0.444 e. The zero-order valence-electron chi connectivity index (χ0n) is 10.1. The van der Waals surface area contributed by atoms with E-state index < -0.39 is 0 Å². The third-order valence-electron chi connectivity index (χ3n) is 3.10. The molecule has 0 spiro atoms. The van der Waals surface area contributed by atoms with Crippen molar-refractivity contribution in [1.29, 1.82) is 0 Å². The van der Waals surface area contributed by atoms with E-state index >= 15 is 0 Å². The van der Waals surface area contributed by atoms with Crippen molar-refractivity contribution >= 4 is 0 Å². The number of hydrogen-bond acceptors (Lipinski definition) is 3. The summed E-state index contributed by atoms with van der Waals surface area (Å²) in [6.07, 6.45) is 10.0. The van der Waals surface area contributed by atoms with Crippen LogP contribution >= 0.6 is 0 Å². The van der Waals surface area contributed by atoms with Gasteiger partial charge in [-0.3, -0.25) is 0 Å². The van der Waals surface area contributed by atoms with Gasteiger partial charge in [-0.25, -0.2) is 4.98 Å². The number of aryl methyl sites for hydroxylation is 1. The summed E-state index contributed by atoms with van der Waals surface area (Å²) >= 11 is 0. The second kappa shape index (κ2) is 5.30. The molecule has 1 heterocycles. The molecule has 3 nitrogen and oxygen atoms in total. The monoisotopic (exact) mass is 220 g/mol. The molecule has 16 heavy (non-hydrogen) atoms. The SMILES string of the molecule is Cc1cnc(C(C)NCC2CC=CCC2)o1. The summed E-state index contributed by atoms with van der Waals surface area (Å²) in [5.41, 5.74) is 0. The quantitative estimate of drug-likeness (QED) is 0.793. The Morgan fingerprint density at radius 2 is 2.44 bits per heavy atom. The molecule has 0 fully saturated rings. The van der Waals surface area contributed by atoms with Crippen LogP contribution in [0.2, 0.25) is 0 Å². The molecule has 1 aliphatic rings. The van der Waals surface area contributed by atoms with Gasteiger partial charge in [-0.2, -0.15) is 0 Å². The van der Waals surface area contributed by atoms with E-state index in [0.717, 1.165) is 24.1 Å². The van der Waals surface area contributed by atoms with Crippen molar-refractivity contribution in [3.8, 4) is 0 Å². The van der Waals surface area contributed by atoms with E-state index in [0.29, 0.717) is 0 Å². The van der Waals surface area contributed by atoms with Gasteiger partial charge in [0.05, 0.1) is 12.2 Å². The van der Waals surface area contributed by atoms with Gasteiger partial charge in [-0.15, -0.1) is 0 Å². The molecule has 2 atom stereocenters. The topological polar surface area (TPSA) is 38.1 Å². The highest BCUT2D eigenvalue weighted by Crippen LogP contribution is 2.19. The van der Waals surface area contributed by atoms with Gasteiger partial charge in [0.25, 0.3) is 0 Å². The summed E-state index contributed by atoms with van der Waals surface area (Å²) in [6.45, 7) is 5.08. The number of aromatic nitrogens is 1. The van der Waals surface area contributed by atoms with E-state index in [1.54, 1.807) is 6.20 Å². The van der Waals surface area contributed by atoms with Crippen LogP contribution in [0.15, 0.2) is 22.8 Å². The Morgan fingerprint density at radius 1 is 1.56 bits per heavy atom. The summed E-state index contributed by atoms with van der Waals surface area (Å²) in [7, 11) is 0. The van der Waals surface area contributed by atoms with Crippen LogP contribution in [0, 0.1) is 12.8 Å². The van der Waals surface area contributed by atoms with Crippen LogP contribution in [0.3, 0.4) is 0 Å². The van der Waals surface area contributed by atoms with Gasteiger partial charge >= 0.3 is 0 Å². The predicted octanol–water partition coefficient (Wildman–Crippen LogP) is 2.99. The Kier molecular flexibility index (Phi) is 3.78. The third-order valence-corrected chi connectivity index (χ3v) is 3.10. The van der Waals surface area contributed by atoms with Crippen molar-refractivity contribution in [3.05, 3.63) is 30.0 Å². The van der Waals surface area contributed by atoms with Gasteiger partial charge in [-0.05, 0) is 45.6 Å². The minimum absolute atomic E-state index is 0.208. The highest BCUT2D eigenvalue weighted by molar-refractivity contribution is 4.96. The molecule has 0 aliphatic heterocycles. The summed E-state index contributed by atoms with van der Waals surface area (Å²) in [6, 6.07) is 0.208. The van der Waals surface area contributed by atoms with Crippen molar-refractivity contribution in [3.63, 3.8) is 0 Å². The van der Waals surface area contributed by atoms with Gasteiger partial charge < -0.3 is 9.73 Å². The van der Waals surface area contributed by atoms with Crippen molar-refractivity contribution in [2.75, 3.05) is 6.54 Å². The molecule has 1 aromatic rings. The maximum atomic E-state index is 5.50. The number of nitrogens with one attached hydrogen (secondary N) is 1. The fraction of sp³-hybridized carbons (Fsp3) is 0.615. The lowest BCUT2D eigenvalue weighted by Crippen LogP contribution is -2.26. The van der Waals surface area contributed by atoms with Crippen molar-refractivity contribution in [2.45, 2.75) is 39.2 Å². The highest BCUT2D eigenvalue weighted by Gasteiger charge is 2.14. The van der Waals surface area contributed by atoms with Crippen LogP contribution in [0.5, 0.6) is 0 Å². The van der Waals surface area contributed by atoms with Crippen LogP contribution in [0.4, 0.5) is 0 Å². The maximum Gasteiger partial charge on any atom is 0.211 e. The first-order chi connectivity index (χ1) is 7.75. The first-order valence-electron chi connectivity index (χ1n) is 6.06. The zero-order chi connectivity index (χ0) is 11.4. The fourth-order valence-corrected chi connectivity index (χ4v) is 2.04. The Hall–Kier alpha value is -1.09. The van der Waals surface area contributed by atoms with Crippen LogP contribution in [0.25, 0.3) is 0 Å². The molecule has 88 valence electrons. The summed E-state index contributed by atoms with van der Waals surface area (Å²) in [5, 5.41) is 3.49. The maximum absolute atomic E-state index is 5.50. The highest BCUT2D eigenvalue weighted by atomic mass is 16.4. The van der Waals surface area contributed by atoms with Gasteiger partial charge in [0.2, 0.25) is 5.89 Å². The molecule has 0 aromatic carbocycles. The molecule has 0 bridgehead atoms. The van der Waals surface area contributed by atoms with Crippen molar-refractivity contribution in [2.24, 2.45) is 5.92 Å². The lowest BCUT2D eigenvalue weighted by Gasteiger charge is -2.20. The number of nitrogens with zero attached hydrogens (tertiary/aromatic N) is 1. The summed E-state index contributed by atoms with van der Waals surface area (Å²) in [5.74, 6) is 2.44. The summed E-state index contributed by atoms with van der Waals surface area (Å²) < 4.78 is 5.50. The van der Waals surface area contributed by atoms with Gasteiger partial charge in [0.15, 0.2) is 0 Å². The van der Waals surface area contributed by atoms with E-state index in [2.05, 4.69) is 29.4 Å². The molecule has 1 aromatic heterocycles. The lowest BCUT2D eigenvalue weighted by molar-refractivity contribution is 0.365. The number of rotatable bonds is 4. The zero-order valence-corrected chi connectivity index (χ0v) is 10.1. The molecule has 0 radical (unpaired) electrons. The average Bonchev–Trinajstić information content (AvgIpc) is 2.74. The fourth-order valence-electron chi connectivity index (χ4n) is 2.04. The molecule has 1 aliphatic carbocycles. The molecule has 0 saturated carbocycles. The minimum atomic E-state index is 0.208. The predicted molar refractivity (Wildman–Crippen MR) is 64.1 cm³/mol. The molecular formula is C13H20N2O. The van der Waals surface area contributed by atoms with Crippen molar-refractivity contribution in [1.82, 2.24) is 10.3 Å². The van der Waals surface area contributed by atoms with Crippen LogP contribution in [0.1, 0.15) is 43.9 Å². The van der Waals surface area contributed by atoms with Crippen LogP contribution < -0.4 is 5.32 Å². The molecule has 0 saturated heterocycles. The molecule has 1 N–H and O–H groups in total. The number of hydrogen-bond donors (Lipinski definition) is 1. The van der Waals surface area contributed by atoms with E-state index in [1.807, 2.05) is 6.92 Å². The Balaban J connectivity index is 1.79. The van der Waals surface area contributed by atoms with Crippen molar-refractivity contribution < 1.29 is 4.42 Å². The first-order valence-corrected chi connectivity index (χ1v) is 6.06.